The molecule has 0 amide bonds. The Bertz CT molecular complexity index is 1130. The third kappa shape index (κ3) is 6.93. The highest BCUT2D eigenvalue weighted by Gasteiger charge is 2.26. The van der Waals surface area contributed by atoms with Crippen molar-refractivity contribution in [1.29, 1.82) is 0 Å². The van der Waals surface area contributed by atoms with Crippen molar-refractivity contribution in [2.24, 2.45) is 5.92 Å². The molecular formula is C23H32ClN3O4S2. The van der Waals surface area contributed by atoms with E-state index in [1.54, 1.807) is 28.6 Å². The minimum atomic E-state index is -3.65. The Morgan fingerprint density at radius 2 is 1.48 bits per heavy atom. The van der Waals surface area contributed by atoms with E-state index in [0.717, 1.165) is 11.3 Å². The Morgan fingerprint density at radius 1 is 0.909 bits per heavy atom. The molecule has 33 heavy (non-hydrogen) atoms. The molecule has 1 fully saturated rings. The van der Waals surface area contributed by atoms with Crippen LogP contribution >= 0.6 is 11.6 Å². The van der Waals surface area contributed by atoms with Gasteiger partial charge >= 0.3 is 0 Å². The van der Waals surface area contributed by atoms with Crippen molar-refractivity contribution in [3.63, 3.8) is 0 Å². The topological polar surface area (TPSA) is 78.0 Å². The van der Waals surface area contributed by atoms with Gasteiger partial charge in [-0.25, -0.2) is 16.8 Å². The quantitative estimate of drug-likeness (QED) is 0.514. The lowest BCUT2D eigenvalue weighted by molar-refractivity contribution is 0.370. The van der Waals surface area contributed by atoms with Gasteiger partial charge < -0.3 is 4.90 Å². The number of benzene rings is 2. The highest BCUT2D eigenvalue weighted by atomic mass is 35.5. The zero-order valence-corrected chi connectivity index (χ0v) is 21.7. The van der Waals surface area contributed by atoms with Crippen LogP contribution in [0.15, 0.2) is 53.4 Å². The summed E-state index contributed by atoms with van der Waals surface area (Å²) in [5.74, 6) is 0.190. The lowest BCUT2D eigenvalue weighted by Crippen LogP contribution is -2.48. The minimum Gasteiger partial charge on any atom is -0.369 e. The maximum absolute atomic E-state index is 13.4. The smallest absolute Gasteiger partial charge is 0.243 e. The second-order valence-corrected chi connectivity index (χ2v) is 13.1. The lowest BCUT2D eigenvalue weighted by atomic mass is 10.1. The van der Waals surface area contributed by atoms with E-state index in [9.17, 15) is 16.8 Å². The number of halogens is 1. The largest absolute Gasteiger partial charge is 0.369 e. The average Bonchev–Trinajstić information content (AvgIpc) is 2.77. The van der Waals surface area contributed by atoms with Crippen LogP contribution in [0.4, 0.5) is 5.69 Å². The normalized spacial score (nSPS) is 16.0. The first kappa shape index (κ1) is 26.0. The van der Waals surface area contributed by atoms with E-state index in [0.29, 0.717) is 50.7 Å². The van der Waals surface area contributed by atoms with E-state index in [4.69, 9.17) is 11.6 Å². The molecule has 0 saturated carbocycles. The molecule has 0 aliphatic carbocycles. The summed E-state index contributed by atoms with van der Waals surface area (Å²) in [5, 5.41) is 0.656. The molecule has 0 atom stereocenters. The van der Waals surface area contributed by atoms with E-state index >= 15 is 0 Å². The predicted octanol–water partition coefficient (Wildman–Crippen LogP) is 3.31. The summed E-state index contributed by atoms with van der Waals surface area (Å²) in [6.45, 7) is 6.81. The van der Waals surface area contributed by atoms with Gasteiger partial charge in [0.05, 0.1) is 11.2 Å². The number of piperazine rings is 1. The standard InChI is InChI=1S/C23H32ClN3O4S2/c1-19(2)18-27(13-12-20-4-6-21(24)7-5-20)33(30,31)23-10-8-22(9-11-23)25-14-16-26(17-15-25)32(3,28)29/h4-11,19H,12-18H2,1-3H3. The Labute approximate surface area is 203 Å². The summed E-state index contributed by atoms with van der Waals surface area (Å²) in [6.07, 6.45) is 1.82. The van der Waals surface area contributed by atoms with Gasteiger partial charge in [0, 0.05) is 50.0 Å². The Kier molecular flexibility index (Phi) is 8.45. The average molecular weight is 514 g/mol. The van der Waals surface area contributed by atoms with Gasteiger partial charge in [-0.1, -0.05) is 37.6 Å². The third-order valence-electron chi connectivity index (χ3n) is 5.68. The third-order valence-corrected chi connectivity index (χ3v) is 9.11. The van der Waals surface area contributed by atoms with Crippen molar-refractivity contribution in [3.8, 4) is 0 Å². The molecule has 0 radical (unpaired) electrons. The molecule has 1 aliphatic rings. The number of anilines is 1. The predicted molar refractivity (Wildman–Crippen MR) is 134 cm³/mol. The molecule has 182 valence electrons. The molecular weight excluding hydrogens is 482 g/mol. The van der Waals surface area contributed by atoms with Crippen LogP contribution in [-0.2, 0) is 26.5 Å². The Morgan fingerprint density at radius 3 is 2.00 bits per heavy atom. The fourth-order valence-corrected chi connectivity index (χ4v) is 6.43. The first-order valence-corrected chi connectivity index (χ1v) is 14.7. The molecule has 7 nitrogen and oxygen atoms in total. The molecule has 2 aromatic rings. The molecule has 3 rings (SSSR count). The first-order chi connectivity index (χ1) is 15.5. The summed E-state index contributed by atoms with van der Waals surface area (Å²) < 4.78 is 53.2. The SMILES string of the molecule is CC(C)CN(CCc1ccc(Cl)cc1)S(=O)(=O)c1ccc(N2CCN(S(C)(=O)=O)CC2)cc1. The number of nitrogens with zero attached hydrogens (tertiary/aromatic N) is 3. The molecule has 0 bridgehead atoms. The summed E-state index contributed by atoms with van der Waals surface area (Å²) in [5.41, 5.74) is 1.92. The maximum Gasteiger partial charge on any atom is 0.243 e. The van der Waals surface area contributed by atoms with Gasteiger partial charge in [0.1, 0.15) is 0 Å². The van der Waals surface area contributed by atoms with E-state index in [1.165, 1.54) is 10.6 Å². The van der Waals surface area contributed by atoms with Crippen LogP contribution in [0.2, 0.25) is 5.02 Å². The van der Waals surface area contributed by atoms with Gasteiger partial charge in [0.15, 0.2) is 0 Å². The molecule has 1 heterocycles. The van der Waals surface area contributed by atoms with Gasteiger partial charge in [0.2, 0.25) is 20.0 Å². The van der Waals surface area contributed by atoms with Crippen molar-refractivity contribution < 1.29 is 16.8 Å². The second-order valence-electron chi connectivity index (χ2n) is 8.78. The van der Waals surface area contributed by atoms with Crippen LogP contribution in [-0.4, -0.2) is 71.0 Å². The van der Waals surface area contributed by atoms with Crippen molar-refractivity contribution in [2.75, 3.05) is 50.4 Å². The van der Waals surface area contributed by atoms with Gasteiger partial charge in [-0.05, 0) is 54.3 Å². The van der Waals surface area contributed by atoms with Crippen LogP contribution in [0, 0.1) is 5.92 Å². The lowest BCUT2D eigenvalue weighted by Gasteiger charge is -2.34. The Hall–Kier alpha value is -1.65. The minimum absolute atomic E-state index is 0.190. The molecule has 10 heteroatoms. The second kappa shape index (κ2) is 10.7. The number of hydrogen-bond donors (Lipinski definition) is 0. The summed E-state index contributed by atoms with van der Waals surface area (Å²) >= 11 is 5.95. The summed E-state index contributed by atoms with van der Waals surface area (Å²) in [6, 6.07) is 14.3. The summed E-state index contributed by atoms with van der Waals surface area (Å²) in [4.78, 5) is 2.34. The van der Waals surface area contributed by atoms with Crippen LogP contribution < -0.4 is 4.90 Å². The van der Waals surface area contributed by atoms with E-state index < -0.39 is 20.0 Å². The fraction of sp³-hybridized carbons (Fsp3) is 0.478. The maximum atomic E-state index is 13.4. The van der Waals surface area contributed by atoms with Gasteiger partial charge in [0.25, 0.3) is 0 Å². The summed E-state index contributed by atoms with van der Waals surface area (Å²) in [7, 11) is -6.84. The van der Waals surface area contributed by atoms with E-state index in [1.807, 2.05) is 38.1 Å². The highest BCUT2D eigenvalue weighted by molar-refractivity contribution is 7.89. The molecule has 0 unspecified atom stereocenters. The first-order valence-electron chi connectivity index (χ1n) is 11.0. The fourth-order valence-electron chi connectivity index (χ4n) is 3.88. The molecule has 1 aliphatic heterocycles. The monoisotopic (exact) mass is 513 g/mol. The number of sulfonamides is 2. The van der Waals surface area contributed by atoms with E-state index in [2.05, 4.69) is 4.90 Å². The van der Waals surface area contributed by atoms with Crippen LogP contribution in [0.25, 0.3) is 0 Å². The molecule has 0 spiro atoms. The zero-order valence-electron chi connectivity index (χ0n) is 19.3. The van der Waals surface area contributed by atoms with Crippen LogP contribution in [0.1, 0.15) is 19.4 Å². The van der Waals surface area contributed by atoms with Gasteiger partial charge in [-0.15, -0.1) is 0 Å². The van der Waals surface area contributed by atoms with Crippen molar-refractivity contribution in [1.82, 2.24) is 8.61 Å². The molecule has 0 aromatic heterocycles. The zero-order chi connectivity index (χ0) is 24.2. The van der Waals surface area contributed by atoms with E-state index in [-0.39, 0.29) is 10.8 Å². The van der Waals surface area contributed by atoms with Crippen molar-refractivity contribution >= 4 is 37.3 Å². The number of hydrogen-bond acceptors (Lipinski definition) is 5. The number of rotatable bonds is 9. The van der Waals surface area contributed by atoms with Crippen molar-refractivity contribution in [3.05, 3.63) is 59.1 Å². The highest BCUT2D eigenvalue weighted by Crippen LogP contribution is 2.23. The molecule has 2 aromatic carbocycles. The van der Waals surface area contributed by atoms with Crippen LogP contribution in [0.3, 0.4) is 0 Å². The molecule has 0 N–H and O–H groups in total. The van der Waals surface area contributed by atoms with Crippen LogP contribution in [0.5, 0.6) is 0 Å². The molecule has 1 saturated heterocycles. The van der Waals surface area contributed by atoms with Gasteiger partial charge in [-0.2, -0.15) is 8.61 Å². The van der Waals surface area contributed by atoms with Crippen molar-refractivity contribution in [2.45, 2.75) is 25.2 Å². The van der Waals surface area contributed by atoms with Gasteiger partial charge in [-0.3, -0.25) is 0 Å². The Balaban J connectivity index is 1.71.